The fourth-order valence-corrected chi connectivity index (χ4v) is 2.90. The zero-order chi connectivity index (χ0) is 10.7. The van der Waals surface area contributed by atoms with Crippen LogP contribution in [-0.2, 0) is 0 Å². The summed E-state index contributed by atoms with van der Waals surface area (Å²) in [7, 11) is 0. The van der Waals surface area contributed by atoms with Gasteiger partial charge >= 0.3 is 0 Å². The second-order valence-electron chi connectivity index (χ2n) is 3.67. The molecule has 0 aliphatic carbocycles. The van der Waals surface area contributed by atoms with E-state index in [0.717, 1.165) is 18.0 Å². The third-order valence-electron chi connectivity index (χ3n) is 2.49. The molecule has 15 heavy (non-hydrogen) atoms. The van der Waals surface area contributed by atoms with Crippen LogP contribution in [0.25, 0.3) is 0 Å². The summed E-state index contributed by atoms with van der Waals surface area (Å²) in [6.45, 7) is 1.69. The van der Waals surface area contributed by atoms with Crippen LogP contribution in [-0.4, -0.2) is 29.5 Å². The normalized spacial score (nSPS) is 26.5. The van der Waals surface area contributed by atoms with Crippen LogP contribution in [0.2, 0.25) is 5.02 Å². The summed E-state index contributed by atoms with van der Waals surface area (Å²) in [6, 6.07) is 7.78. The molecule has 0 aromatic heterocycles. The van der Waals surface area contributed by atoms with Crippen molar-refractivity contribution in [2.45, 2.75) is 22.7 Å². The summed E-state index contributed by atoms with van der Waals surface area (Å²) in [6.07, 6.45) is 0.758. The fourth-order valence-electron chi connectivity index (χ4n) is 1.64. The Morgan fingerprint density at radius 1 is 1.33 bits per heavy atom. The molecule has 1 heterocycles. The first-order valence-electron chi connectivity index (χ1n) is 5.07. The average Bonchev–Trinajstić information content (AvgIpc) is 2.25. The van der Waals surface area contributed by atoms with Gasteiger partial charge in [0.05, 0.1) is 6.10 Å². The van der Waals surface area contributed by atoms with Crippen molar-refractivity contribution in [3.05, 3.63) is 29.3 Å². The van der Waals surface area contributed by atoms with Gasteiger partial charge in [-0.3, -0.25) is 0 Å². The van der Waals surface area contributed by atoms with Gasteiger partial charge in [-0.25, -0.2) is 0 Å². The summed E-state index contributed by atoms with van der Waals surface area (Å²) in [5.41, 5.74) is 0. The second kappa shape index (κ2) is 5.21. The predicted molar refractivity (Wildman–Crippen MR) is 64.6 cm³/mol. The molecule has 1 aliphatic heterocycles. The van der Waals surface area contributed by atoms with Gasteiger partial charge in [0.2, 0.25) is 0 Å². The molecule has 0 amide bonds. The highest BCUT2D eigenvalue weighted by atomic mass is 35.5. The minimum Gasteiger partial charge on any atom is -0.391 e. The molecule has 4 heteroatoms. The molecular weight excluding hydrogens is 230 g/mol. The van der Waals surface area contributed by atoms with E-state index in [9.17, 15) is 5.11 Å². The summed E-state index contributed by atoms with van der Waals surface area (Å²) in [4.78, 5) is 1.17. The molecule has 2 rings (SSSR count). The van der Waals surface area contributed by atoms with Crippen LogP contribution in [0.5, 0.6) is 0 Å². The van der Waals surface area contributed by atoms with Crippen LogP contribution >= 0.6 is 23.4 Å². The quantitative estimate of drug-likeness (QED) is 0.835. The van der Waals surface area contributed by atoms with Crippen molar-refractivity contribution in [1.29, 1.82) is 0 Å². The smallest absolute Gasteiger partial charge is 0.0786 e. The molecular formula is C11H14ClNOS. The largest absolute Gasteiger partial charge is 0.391 e. The van der Waals surface area contributed by atoms with Gasteiger partial charge in [0.25, 0.3) is 0 Å². The van der Waals surface area contributed by atoms with Crippen molar-refractivity contribution in [3.8, 4) is 0 Å². The number of rotatable bonds is 2. The number of hydrogen-bond donors (Lipinski definition) is 2. The van der Waals surface area contributed by atoms with Gasteiger partial charge in [0.1, 0.15) is 0 Å². The topological polar surface area (TPSA) is 32.3 Å². The van der Waals surface area contributed by atoms with E-state index in [-0.39, 0.29) is 6.10 Å². The summed E-state index contributed by atoms with van der Waals surface area (Å²) in [5, 5.41) is 14.0. The van der Waals surface area contributed by atoms with E-state index >= 15 is 0 Å². The van der Waals surface area contributed by atoms with E-state index in [1.165, 1.54) is 4.90 Å². The minimum absolute atomic E-state index is 0.251. The van der Waals surface area contributed by atoms with Gasteiger partial charge in [-0.1, -0.05) is 11.6 Å². The van der Waals surface area contributed by atoms with Gasteiger partial charge in [0.15, 0.2) is 0 Å². The second-order valence-corrected chi connectivity index (χ2v) is 5.42. The maximum atomic E-state index is 9.78. The van der Waals surface area contributed by atoms with Crippen molar-refractivity contribution in [1.82, 2.24) is 5.32 Å². The lowest BCUT2D eigenvalue weighted by Crippen LogP contribution is -2.42. The highest BCUT2D eigenvalue weighted by molar-refractivity contribution is 8.00. The highest BCUT2D eigenvalue weighted by Crippen LogP contribution is 2.29. The SMILES string of the molecule is OC1CNCCC1Sc1ccc(Cl)cc1. The molecule has 2 nitrogen and oxygen atoms in total. The van der Waals surface area contributed by atoms with Crippen molar-refractivity contribution >= 4 is 23.4 Å². The van der Waals surface area contributed by atoms with Crippen molar-refractivity contribution in [3.63, 3.8) is 0 Å². The van der Waals surface area contributed by atoms with E-state index in [2.05, 4.69) is 5.32 Å². The highest BCUT2D eigenvalue weighted by Gasteiger charge is 2.23. The maximum absolute atomic E-state index is 9.78. The number of aliphatic hydroxyl groups excluding tert-OH is 1. The van der Waals surface area contributed by atoms with Crippen molar-refractivity contribution < 1.29 is 5.11 Å². The Labute approximate surface area is 99.0 Å². The summed E-state index contributed by atoms with van der Waals surface area (Å²) in [5.74, 6) is 0. The molecule has 0 radical (unpaired) electrons. The summed E-state index contributed by atoms with van der Waals surface area (Å²) < 4.78 is 0. The zero-order valence-electron chi connectivity index (χ0n) is 8.32. The molecule has 1 fully saturated rings. The van der Waals surface area contributed by atoms with Gasteiger partial charge in [-0.05, 0) is 37.2 Å². The van der Waals surface area contributed by atoms with Crippen molar-refractivity contribution in [2.24, 2.45) is 0 Å². The third kappa shape index (κ3) is 3.11. The number of benzene rings is 1. The van der Waals surface area contributed by atoms with Crippen molar-refractivity contribution in [2.75, 3.05) is 13.1 Å². The maximum Gasteiger partial charge on any atom is 0.0786 e. The minimum atomic E-state index is -0.251. The van der Waals surface area contributed by atoms with E-state index < -0.39 is 0 Å². The lowest BCUT2D eigenvalue weighted by atomic mass is 10.1. The van der Waals surface area contributed by atoms with Gasteiger partial charge in [0, 0.05) is 21.7 Å². The van der Waals surface area contributed by atoms with Crippen LogP contribution in [0.1, 0.15) is 6.42 Å². The molecule has 2 atom stereocenters. The zero-order valence-corrected chi connectivity index (χ0v) is 9.89. The molecule has 82 valence electrons. The Hall–Kier alpha value is -0.220. The van der Waals surface area contributed by atoms with E-state index in [0.29, 0.717) is 11.8 Å². The lowest BCUT2D eigenvalue weighted by molar-refractivity contribution is 0.149. The van der Waals surface area contributed by atoms with E-state index in [4.69, 9.17) is 11.6 Å². The average molecular weight is 244 g/mol. The third-order valence-corrected chi connectivity index (χ3v) is 4.14. The molecule has 1 aromatic rings. The van der Waals surface area contributed by atoms with Crippen LogP contribution in [0.4, 0.5) is 0 Å². The lowest BCUT2D eigenvalue weighted by Gasteiger charge is -2.27. The van der Waals surface area contributed by atoms with Crippen LogP contribution in [0, 0.1) is 0 Å². The number of β-amino-alcohol motifs (C(OH)–C–C–N with tert-alkyl or cyclic N) is 1. The number of nitrogens with one attached hydrogen (secondary N) is 1. The monoisotopic (exact) mass is 243 g/mol. The van der Waals surface area contributed by atoms with Gasteiger partial charge in [-0.15, -0.1) is 11.8 Å². The Morgan fingerprint density at radius 3 is 2.73 bits per heavy atom. The molecule has 1 aromatic carbocycles. The number of halogens is 1. The van der Waals surface area contributed by atoms with Crippen LogP contribution in [0.3, 0.4) is 0 Å². The molecule has 2 N–H and O–H groups in total. The fraction of sp³-hybridized carbons (Fsp3) is 0.455. The Bertz CT molecular complexity index is 317. The molecule has 1 aliphatic rings. The van der Waals surface area contributed by atoms with Gasteiger partial charge in [-0.2, -0.15) is 0 Å². The first-order chi connectivity index (χ1) is 7.25. The van der Waals surface area contributed by atoms with Gasteiger partial charge < -0.3 is 10.4 Å². The van der Waals surface area contributed by atoms with Crippen LogP contribution < -0.4 is 5.32 Å². The number of piperidine rings is 1. The molecule has 0 spiro atoms. The summed E-state index contributed by atoms with van der Waals surface area (Å²) >= 11 is 7.55. The van der Waals surface area contributed by atoms with E-state index in [1.807, 2.05) is 24.3 Å². The standard InChI is InChI=1S/C11H14ClNOS/c12-8-1-3-9(4-2-8)15-11-5-6-13-7-10(11)14/h1-4,10-11,13-14H,5-7H2. The van der Waals surface area contributed by atoms with E-state index in [1.54, 1.807) is 11.8 Å². The molecule has 0 saturated carbocycles. The number of aliphatic hydroxyl groups is 1. The predicted octanol–water partition coefficient (Wildman–Crippen LogP) is 2.15. The molecule has 2 unspecified atom stereocenters. The molecule has 0 bridgehead atoms. The van der Waals surface area contributed by atoms with Crippen LogP contribution in [0.15, 0.2) is 29.2 Å². The Morgan fingerprint density at radius 2 is 2.07 bits per heavy atom. The number of thioether (sulfide) groups is 1. The number of hydrogen-bond acceptors (Lipinski definition) is 3. The molecule has 1 saturated heterocycles. The first kappa shape index (κ1) is 11.3. The Kier molecular flexibility index (Phi) is 3.92. The first-order valence-corrected chi connectivity index (χ1v) is 6.32. The Balaban J connectivity index is 1.98.